The fraction of sp³-hybridized carbons (Fsp3) is 0.364. The van der Waals surface area contributed by atoms with E-state index in [2.05, 4.69) is 5.32 Å². The first kappa shape index (κ1) is 10.9. The lowest BCUT2D eigenvalue weighted by molar-refractivity contribution is -0.124. The molecule has 1 aliphatic rings. The highest BCUT2D eigenvalue weighted by Gasteiger charge is 2.23. The van der Waals surface area contributed by atoms with Gasteiger partial charge in [0.05, 0.1) is 5.69 Å². The molecule has 1 atom stereocenters. The molecule has 0 unspecified atom stereocenters. The van der Waals surface area contributed by atoms with Gasteiger partial charge < -0.3 is 15.8 Å². The number of ether oxygens (including phenoxy) is 1. The van der Waals surface area contributed by atoms with Crippen molar-refractivity contribution in [2.24, 2.45) is 0 Å². The second kappa shape index (κ2) is 4.49. The molecule has 1 saturated heterocycles. The van der Waals surface area contributed by atoms with Gasteiger partial charge in [-0.1, -0.05) is 0 Å². The first-order chi connectivity index (χ1) is 7.66. The molecule has 0 saturated carbocycles. The molecule has 0 aliphatic carbocycles. The largest absolute Gasteiger partial charge is 0.396 e. The van der Waals surface area contributed by atoms with Crippen molar-refractivity contribution in [1.29, 1.82) is 0 Å². The number of halogens is 1. The van der Waals surface area contributed by atoms with Crippen molar-refractivity contribution in [3.05, 3.63) is 24.0 Å². The lowest BCUT2D eigenvalue weighted by Crippen LogP contribution is -2.26. The van der Waals surface area contributed by atoms with Crippen LogP contribution in [0.25, 0.3) is 0 Å². The van der Waals surface area contributed by atoms with E-state index in [0.717, 1.165) is 12.8 Å². The monoisotopic (exact) mass is 224 g/mol. The normalized spacial score (nSPS) is 19.7. The number of nitrogens with one attached hydrogen (secondary N) is 1. The Kier molecular flexibility index (Phi) is 3.05. The van der Waals surface area contributed by atoms with Gasteiger partial charge in [-0.05, 0) is 31.0 Å². The highest BCUT2D eigenvalue weighted by molar-refractivity contribution is 5.94. The summed E-state index contributed by atoms with van der Waals surface area (Å²) < 4.78 is 18.1. The summed E-state index contributed by atoms with van der Waals surface area (Å²) in [5, 5.41) is 2.64. The average Bonchev–Trinajstić information content (AvgIpc) is 2.77. The fourth-order valence-corrected chi connectivity index (χ4v) is 1.63. The van der Waals surface area contributed by atoms with Crippen LogP contribution in [0.5, 0.6) is 0 Å². The molecule has 16 heavy (non-hydrogen) atoms. The Morgan fingerprint density at radius 1 is 1.56 bits per heavy atom. The molecule has 3 N–H and O–H groups in total. The van der Waals surface area contributed by atoms with Crippen LogP contribution in [0.1, 0.15) is 12.8 Å². The second-order valence-corrected chi connectivity index (χ2v) is 3.73. The molecule has 1 amide bonds. The Morgan fingerprint density at radius 2 is 2.38 bits per heavy atom. The quantitative estimate of drug-likeness (QED) is 0.749. The smallest absolute Gasteiger partial charge is 0.253 e. The number of rotatable bonds is 2. The summed E-state index contributed by atoms with van der Waals surface area (Å²) in [6, 6.07) is 4.08. The summed E-state index contributed by atoms with van der Waals surface area (Å²) in [6.45, 7) is 0.615. The Balaban J connectivity index is 2.02. The maximum Gasteiger partial charge on any atom is 0.253 e. The number of amides is 1. The standard InChI is InChI=1S/C11H13FN2O2/c12-8-4-3-7(6-9(8)13)14-11(15)10-2-1-5-16-10/h3-4,6,10H,1-2,5,13H2,(H,14,15)/t10-/m1/s1. The molecule has 86 valence electrons. The summed E-state index contributed by atoms with van der Waals surface area (Å²) in [6.07, 6.45) is 1.22. The van der Waals surface area contributed by atoms with Gasteiger partial charge in [-0.3, -0.25) is 4.79 Å². The van der Waals surface area contributed by atoms with Crippen LogP contribution in [0, 0.1) is 5.82 Å². The van der Waals surface area contributed by atoms with Crippen molar-refractivity contribution >= 4 is 17.3 Å². The summed E-state index contributed by atoms with van der Waals surface area (Å²) in [7, 11) is 0. The predicted octanol–water partition coefficient (Wildman–Crippen LogP) is 1.53. The van der Waals surface area contributed by atoms with Crippen LogP contribution in [-0.4, -0.2) is 18.6 Å². The van der Waals surface area contributed by atoms with Crippen LogP contribution >= 0.6 is 0 Å². The minimum atomic E-state index is -0.491. The van der Waals surface area contributed by atoms with E-state index in [1.54, 1.807) is 0 Å². The minimum Gasteiger partial charge on any atom is -0.396 e. The van der Waals surface area contributed by atoms with Crippen LogP contribution in [0.3, 0.4) is 0 Å². The van der Waals surface area contributed by atoms with Crippen LogP contribution < -0.4 is 11.1 Å². The zero-order valence-corrected chi connectivity index (χ0v) is 8.70. The number of hydrogen-bond donors (Lipinski definition) is 2. The van der Waals surface area contributed by atoms with E-state index in [9.17, 15) is 9.18 Å². The molecule has 1 heterocycles. The summed E-state index contributed by atoms with van der Waals surface area (Å²) >= 11 is 0. The van der Waals surface area contributed by atoms with Gasteiger partial charge in [0, 0.05) is 12.3 Å². The van der Waals surface area contributed by atoms with Crippen molar-refractivity contribution in [3.63, 3.8) is 0 Å². The summed E-state index contributed by atoms with van der Waals surface area (Å²) in [4.78, 5) is 11.6. The minimum absolute atomic E-state index is 0.0186. The SMILES string of the molecule is Nc1cc(NC(=O)[C@H]2CCCO2)ccc1F. The second-order valence-electron chi connectivity index (χ2n) is 3.73. The van der Waals surface area contributed by atoms with Gasteiger partial charge in [-0.2, -0.15) is 0 Å². The van der Waals surface area contributed by atoms with Gasteiger partial charge >= 0.3 is 0 Å². The highest BCUT2D eigenvalue weighted by Crippen LogP contribution is 2.18. The molecule has 1 aromatic carbocycles. The number of nitrogens with two attached hydrogens (primary N) is 1. The van der Waals surface area contributed by atoms with E-state index >= 15 is 0 Å². The summed E-state index contributed by atoms with van der Waals surface area (Å²) in [5.41, 5.74) is 5.90. The zero-order valence-electron chi connectivity index (χ0n) is 8.70. The first-order valence-corrected chi connectivity index (χ1v) is 5.14. The predicted molar refractivity (Wildman–Crippen MR) is 58.4 cm³/mol. The van der Waals surface area contributed by atoms with Crippen LogP contribution in [0.15, 0.2) is 18.2 Å². The Bertz CT molecular complexity index is 403. The molecule has 0 bridgehead atoms. The number of anilines is 2. The molecule has 1 aliphatic heterocycles. The number of hydrogen-bond acceptors (Lipinski definition) is 3. The maximum absolute atomic E-state index is 12.9. The number of benzene rings is 1. The van der Waals surface area contributed by atoms with E-state index in [-0.39, 0.29) is 11.6 Å². The Hall–Kier alpha value is -1.62. The molecule has 1 aromatic rings. The molecule has 2 rings (SSSR count). The number of nitrogen functional groups attached to an aromatic ring is 1. The highest BCUT2D eigenvalue weighted by atomic mass is 19.1. The third kappa shape index (κ3) is 2.30. The average molecular weight is 224 g/mol. The van der Waals surface area contributed by atoms with Crippen molar-refractivity contribution in [2.75, 3.05) is 17.7 Å². The molecular formula is C11H13FN2O2. The van der Waals surface area contributed by atoms with Crippen molar-refractivity contribution in [3.8, 4) is 0 Å². The van der Waals surface area contributed by atoms with Gasteiger partial charge in [-0.25, -0.2) is 4.39 Å². The van der Waals surface area contributed by atoms with Crippen molar-refractivity contribution in [1.82, 2.24) is 0 Å². The molecule has 1 fully saturated rings. The Morgan fingerprint density at radius 3 is 3.00 bits per heavy atom. The molecule has 0 aromatic heterocycles. The van der Waals surface area contributed by atoms with Crippen molar-refractivity contribution in [2.45, 2.75) is 18.9 Å². The lowest BCUT2D eigenvalue weighted by atomic mass is 10.2. The third-order valence-electron chi connectivity index (χ3n) is 2.49. The van der Waals surface area contributed by atoms with Gasteiger partial charge in [0.25, 0.3) is 5.91 Å². The zero-order chi connectivity index (χ0) is 11.5. The topological polar surface area (TPSA) is 64.3 Å². The molecule has 0 radical (unpaired) electrons. The van der Waals surface area contributed by atoms with Crippen molar-refractivity contribution < 1.29 is 13.9 Å². The third-order valence-corrected chi connectivity index (χ3v) is 2.49. The molecule has 5 heteroatoms. The van der Waals surface area contributed by atoms with E-state index < -0.39 is 11.9 Å². The maximum atomic E-state index is 12.9. The summed E-state index contributed by atoms with van der Waals surface area (Å²) in [5.74, 6) is -0.696. The van der Waals surface area contributed by atoms with Crippen LogP contribution in [0.4, 0.5) is 15.8 Å². The van der Waals surface area contributed by atoms with E-state index in [1.807, 2.05) is 0 Å². The van der Waals surface area contributed by atoms with E-state index in [1.165, 1.54) is 18.2 Å². The molecule has 4 nitrogen and oxygen atoms in total. The van der Waals surface area contributed by atoms with Gasteiger partial charge in [0.1, 0.15) is 11.9 Å². The number of carbonyl (C=O) groups excluding carboxylic acids is 1. The van der Waals surface area contributed by atoms with E-state index in [4.69, 9.17) is 10.5 Å². The molecule has 0 spiro atoms. The van der Waals surface area contributed by atoms with Crippen LogP contribution in [-0.2, 0) is 9.53 Å². The van der Waals surface area contributed by atoms with Gasteiger partial charge in [-0.15, -0.1) is 0 Å². The lowest BCUT2D eigenvalue weighted by Gasteiger charge is -2.10. The van der Waals surface area contributed by atoms with Crippen LogP contribution in [0.2, 0.25) is 0 Å². The van der Waals surface area contributed by atoms with Gasteiger partial charge in [0.2, 0.25) is 0 Å². The van der Waals surface area contributed by atoms with Gasteiger partial charge in [0.15, 0.2) is 0 Å². The first-order valence-electron chi connectivity index (χ1n) is 5.14. The van der Waals surface area contributed by atoms with E-state index in [0.29, 0.717) is 12.3 Å². The Labute approximate surface area is 92.6 Å². The number of carbonyl (C=O) groups is 1. The fourth-order valence-electron chi connectivity index (χ4n) is 1.63. The molecular weight excluding hydrogens is 211 g/mol.